The third-order valence-corrected chi connectivity index (χ3v) is 7.19. The second-order valence-electron chi connectivity index (χ2n) is 3.81. The molecule has 0 spiro atoms. The fourth-order valence-electron chi connectivity index (χ4n) is 1.38. The Bertz CT molecular complexity index is 503. The zero-order valence-corrected chi connectivity index (χ0v) is 14.3. The topological polar surface area (TPSA) is 46.6 Å². The van der Waals surface area contributed by atoms with Gasteiger partial charge in [0.1, 0.15) is 4.90 Å². The van der Waals surface area contributed by atoms with Crippen LogP contribution >= 0.6 is 38.9 Å². The molecular weight excluding hydrogens is 362 g/mol. The van der Waals surface area contributed by atoms with Crippen molar-refractivity contribution in [1.29, 1.82) is 0 Å². The molecule has 0 aliphatic rings. The van der Waals surface area contributed by atoms with E-state index in [1.807, 2.05) is 0 Å². The normalized spacial score (nSPS) is 14.1. The van der Waals surface area contributed by atoms with Crippen LogP contribution in [0.1, 0.15) is 11.8 Å². The molecule has 1 aromatic heterocycles. The van der Waals surface area contributed by atoms with Crippen LogP contribution in [0, 0.1) is 0 Å². The highest BCUT2D eigenvalue weighted by Gasteiger charge is 2.28. The Kier molecular flexibility index (Phi) is 6.08. The smallest absolute Gasteiger partial charge is 0.245 e. The molecule has 1 rings (SSSR count). The Morgan fingerprint density at radius 1 is 1.61 bits per heavy atom. The molecule has 0 fully saturated rings. The van der Waals surface area contributed by atoms with E-state index in [2.05, 4.69) is 15.9 Å². The van der Waals surface area contributed by atoms with Gasteiger partial charge in [-0.3, -0.25) is 0 Å². The average molecular weight is 377 g/mol. The van der Waals surface area contributed by atoms with E-state index >= 15 is 0 Å². The Hall–Kier alpha value is 0.340. The minimum Gasteiger partial charge on any atom is -0.383 e. The van der Waals surface area contributed by atoms with Crippen molar-refractivity contribution in [3.8, 4) is 0 Å². The minimum atomic E-state index is -3.52. The molecule has 1 atom stereocenters. The Labute approximate surface area is 125 Å². The third-order valence-electron chi connectivity index (χ3n) is 2.52. The van der Waals surface area contributed by atoms with Gasteiger partial charge in [-0.05, 0) is 28.9 Å². The summed E-state index contributed by atoms with van der Waals surface area (Å²) in [4.78, 5) is 1.07. The van der Waals surface area contributed by atoms with Crippen molar-refractivity contribution in [3.63, 3.8) is 0 Å². The van der Waals surface area contributed by atoms with Crippen molar-refractivity contribution < 1.29 is 13.2 Å². The number of alkyl halides is 1. The van der Waals surface area contributed by atoms with Gasteiger partial charge < -0.3 is 4.74 Å². The van der Waals surface area contributed by atoms with E-state index in [1.54, 1.807) is 27.1 Å². The molecule has 0 aliphatic heterocycles. The zero-order chi connectivity index (χ0) is 13.9. The number of sulfonamides is 1. The average Bonchev–Trinajstić information content (AvgIpc) is 2.70. The largest absolute Gasteiger partial charge is 0.383 e. The maximum Gasteiger partial charge on any atom is 0.245 e. The lowest BCUT2D eigenvalue weighted by molar-refractivity contribution is 0.149. The van der Waals surface area contributed by atoms with Crippen molar-refractivity contribution in [2.45, 2.75) is 23.7 Å². The van der Waals surface area contributed by atoms with E-state index in [1.165, 1.54) is 15.6 Å². The molecule has 0 bridgehead atoms. The van der Waals surface area contributed by atoms with Gasteiger partial charge >= 0.3 is 0 Å². The molecule has 8 heteroatoms. The van der Waals surface area contributed by atoms with Crippen LogP contribution in [0.3, 0.4) is 0 Å². The van der Waals surface area contributed by atoms with Crippen LogP contribution in [0.4, 0.5) is 0 Å². The highest BCUT2D eigenvalue weighted by Crippen LogP contribution is 2.34. The number of rotatable bonds is 6. The van der Waals surface area contributed by atoms with Crippen molar-refractivity contribution in [2.75, 3.05) is 20.8 Å². The molecule has 0 aliphatic carbocycles. The lowest BCUT2D eigenvalue weighted by Gasteiger charge is -2.23. The summed E-state index contributed by atoms with van der Waals surface area (Å²) in [6.45, 7) is 2.14. The molecule has 0 saturated heterocycles. The number of thiophene rings is 1. The summed E-state index contributed by atoms with van der Waals surface area (Å²) in [6.07, 6.45) is 0. The fraction of sp³-hybridized carbons (Fsp3) is 0.600. The second-order valence-corrected chi connectivity index (χ2v) is 8.50. The number of methoxy groups -OCH3 is 1. The maximum absolute atomic E-state index is 12.4. The van der Waals surface area contributed by atoms with Gasteiger partial charge in [-0.25, -0.2) is 8.42 Å². The molecule has 1 heterocycles. The van der Waals surface area contributed by atoms with E-state index in [0.717, 1.165) is 4.88 Å². The van der Waals surface area contributed by atoms with Crippen molar-refractivity contribution in [1.82, 2.24) is 4.31 Å². The molecule has 18 heavy (non-hydrogen) atoms. The van der Waals surface area contributed by atoms with Crippen LogP contribution in [0.2, 0.25) is 0 Å². The van der Waals surface area contributed by atoms with Gasteiger partial charge in [-0.1, -0.05) is 0 Å². The molecule has 1 aromatic rings. The molecule has 0 aromatic carbocycles. The standard InChI is InChI=1S/C10H15BrClNO3S2/c1-7(6-16-3)13(2)18(14,15)9-4-8(5-12)17-10(9)11/h4,7H,5-6H2,1-3H3. The first-order chi connectivity index (χ1) is 8.34. The maximum atomic E-state index is 12.4. The summed E-state index contributed by atoms with van der Waals surface area (Å²) in [5.74, 6) is 0.302. The number of halogens is 2. The summed E-state index contributed by atoms with van der Waals surface area (Å²) in [6, 6.07) is 1.37. The lowest BCUT2D eigenvalue weighted by Crippen LogP contribution is -2.37. The third kappa shape index (κ3) is 3.46. The zero-order valence-electron chi connectivity index (χ0n) is 10.3. The van der Waals surface area contributed by atoms with Gasteiger partial charge in [-0.15, -0.1) is 22.9 Å². The predicted octanol–water partition coefficient (Wildman–Crippen LogP) is 2.90. The van der Waals surface area contributed by atoms with E-state index in [4.69, 9.17) is 16.3 Å². The SMILES string of the molecule is COCC(C)N(C)S(=O)(=O)c1cc(CCl)sc1Br. The van der Waals surface area contributed by atoms with E-state index in [0.29, 0.717) is 16.3 Å². The van der Waals surface area contributed by atoms with E-state index < -0.39 is 10.0 Å². The number of likely N-dealkylation sites (N-methyl/N-ethyl adjacent to an activating group) is 1. The molecule has 0 saturated carbocycles. The molecular formula is C10H15BrClNO3S2. The second kappa shape index (κ2) is 6.67. The van der Waals surface area contributed by atoms with Crippen molar-refractivity contribution in [3.05, 3.63) is 14.7 Å². The summed E-state index contributed by atoms with van der Waals surface area (Å²) < 4.78 is 31.7. The summed E-state index contributed by atoms with van der Waals surface area (Å²) >= 11 is 10.3. The first-order valence-corrected chi connectivity index (χ1v) is 8.74. The molecule has 0 N–H and O–H groups in total. The Morgan fingerprint density at radius 2 is 2.22 bits per heavy atom. The first kappa shape index (κ1) is 16.4. The minimum absolute atomic E-state index is 0.230. The molecule has 104 valence electrons. The predicted molar refractivity (Wildman–Crippen MR) is 77.9 cm³/mol. The molecule has 4 nitrogen and oxygen atoms in total. The highest BCUT2D eigenvalue weighted by atomic mass is 79.9. The molecule has 0 radical (unpaired) electrons. The van der Waals surface area contributed by atoms with Gasteiger partial charge in [-0.2, -0.15) is 4.31 Å². The van der Waals surface area contributed by atoms with Gasteiger partial charge in [0.25, 0.3) is 0 Å². The van der Waals surface area contributed by atoms with Gasteiger partial charge in [0.05, 0.1) is 16.3 Å². The Balaban J connectivity index is 3.08. The quantitative estimate of drug-likeness (QED) is 0.717. The molecule has 0 amide bonds. The fourth-order valence-corrected chi connectivity index (χ4v) is 5.45. The van der Waals surface area contributed by atoms with Gasteiger partial charge in [0, 0.05) is 25.1 Å². The van der Waals surface area contributed by atoms with Crippen LogP contribution < -0.4 is 0 Å². The van der Waals surface area contributed by atoms with Gasteiger partial charge in [0.15, 0.2) is 0 Å². The lowest BCUT2D eigenvalue weighted by atomic mass is 10.4. The van der Waals surface area contributed by atoms with Crippen molar-refractivity contribution >= 4 is 48.9 Å². The van der Waals surface area contributed by atoms with Crippen LogP contribution in [0.15, 0.2) is 14.7 Å². The number of hydrogen-bond donors (Lipinski definition) is 0. The van der Waals surface area contributed by atoms with Crippen LogP contribution in [0.25, 0.3) is 0 Å². The van der Waals surface area contributed by atoms with E-state index in [-0.39, 0.29) is 10.9 Å². The van der Waals surface area contributed by atoms with Gasteiger partial charge in [0.2, 0.25) is 10.0 Å². The Morgan fingerprint density at radius 3 is 2.67 bits per heavy atom. The highest BCUT2D eigenvalue weighted by molar-refractivity contribution is 9.11. The molecule has 1 unspecified atom stereocenters. The number of ether oxygens (including phenoxy) is 1. The monoisotopic (exact) mass is 375 g/mol. The number of hydrogen-bond acceptors (Lipinski definition) is 4. The van der Waals surface area contributed by atoms with Crippen LogP contribution in [-0.4, -0.2) is 39.5 Å². The van der Waals surface area contributed by atoms with Crippen LogP contribution in [-0.2, 0) is 20.6 Å². The van der Waals surface area contributed by atoms with Crippen LogP contribution in [0.5, 0.6) is 0 Å². The summed E-state index contributed by atoms with van der Waals surface area (Å²) in [5, 5.41) is 0. The number of nitrogens with zero attached hydrogens (tertiary/aromatic N) is 1. The summed E-state index contributed by atoms with van der Waals surface area (Å²) in [7, 11) is -0.432. The summed E-state index contributed by atoms with van der Waals surface area (Å²) in [5.41, 5.74) is 0. The first-order valence-electron chi connectivity index (χ1n) is 5.15. The van der Waals surface area contributed by atoms with E-state index in [9.17, 15) is 8.42 Å². The van der Waals surface area contributed by atoms with Crippen molar-refractivity contribution in [2.24, 2.45) is 0 Å².